The van der Waals surface area contributed by atoms with E-state index in [-0.39, 0.29) is 75.5 Å². The van der Waals surface area contributed by atoms with Crippen LogP contribution in [0.15, 0.2) is 17.6 Å². The fraction of sp³-hybridized carbons (Fsp3) is 0.615. The van der Waals surface area contributed by atoms with E-state index < -0.39 is 24.8 Å². The van der Waals surface area contributed by atoms with Crippen LogP contribution in [0.2, 0.25) is 0 Å². The Morgan fingerprint density at radius 3 is 2.48 bits per heavy atom. The maximum absolute atomic E-state index is 10.8. The summed E-state index contributed by atoms with van der Waals surface area (Å²) in [4.78, 5) is 25.9. The second-order valence-electron chi connectivity index (χ2n) is 4.72. The Hall–Kier alpha value is 0.230. The fourth-order valence-electron chi connectivity index (χ4n) is 2.45. The molecule has 0 aromatic heterocycles. The van der Waals surface area contributed by atoms with E-state index in [0.29, 0.717) is 26.1 Å². The van der Waals surface area contributed by atoms with Gasteiger partial charge >= 0.3 is 11.9 Å². The van der Waals surface area contributed by atoms with Crippen LogP contribution in [0.4, 0.5) is 0 Å². The summed E-state index contributed by atoms with van der Waals surface area (Å²) in [5.74, 6) is -1.13. The summed E-state index contributed by atoms with van der Waals surface area (Å²) in [7, 11) is 0. The molecule has 2 radical (unpaired) electrons. The van der Waals surface area contributed by atoms with Crippen molar-refractivity contribution in [1.82, 2.24) is 0 Å². The molecule has 122 valence electrons. The van der Waals surface area contributed by atoms with Crippen LogP contribution in [0.3, 0.4) is 0 Å². The largest absolute Gasteiger partial charge is 0.870 e. The second-order valence-corrected chi connectivity index (χ2v) is 4.72. The van der Waals surface area contributed by atoms with E-state index >= 15 is 0 Å². The Balaban J connectivity index is -0.00000133. The van der Waals surface area contributed by atoms with Gasteiger partial charge in [-0.25, -0.2) is 9.79 Å². The van der Waals surface area contributed by atoms with E-state index in [0.717, 1.165) is 5.84 Å². The number of quaternary nitrogens is 1. The van der Waals surface area contributed by atoms with Crippen LogP contribution in [0.1, 0.15) is 19.8 Å². The standard InChI is InChI=1S/C13H20N2O5.2Na.H2O/c1-3-4-11-14-6-8-15(11,7-5-12(16)17)10(2)20-9-13(18)19;;;/h3,10H,1,4-9H2,2H3,(H-,16,17,18,19);;;1H2. The van der Waals surface area contributed by atoms with Gasteiger partial charge in [0.2, 0.25) is 5.84 Å². The molecule has 0 saturated carbocycles. The number of rotatable bonds is 9. The van der Waals surface area contributed by atoms with Crippen LogP contribution < -0.4 is 0 Å². The van der Waals surface area contributed by atoms with E-state index in [2.05, 4.69) is 11.6 Å². The van der Waals surface area contributed by atoms with Crippen LogP contribution in [0.5, 0.6) is 0 Å². The third-order valence-electron chi connectivity index (χ3n) is 3.50. The first-order valence-electron chi connectivity index (χ1n) is 6.49. The summed E-state index contributed by atoms with van der Waals surface area (Å²) in [5.41, 5.74) is 0. The summed E-state index contributed by atoms with van der Waals surface area (Å²) < 4.78 is 5.63. The van der Waals surface area contributed by atoms with E-state index in [9.17, 15) is 9.59 Å². The molecule has 0 aliphatic carbocycles. The maximum Gasteiger partial charge on any atom is 0.329 e. The van der Waals surface area contributed by atoms with Crippen molar-refractivity contribution >= 4 is 76.9 Å². The minimum Gasteiger partial charge on any atom is -0.870 e. The van der Waals surface area contributed by atoms with Gasteiger partial charge in [0.25, 0.3) is 0 Å². The number of nitrogens with zero attached hydrogens (tertiary/aromatic N) is 2. The number of aliphatic carboxylic acids is 2. The van der Waals surface area contributed by atoms with Gasteiger partial charge in [-0.1, -0.05) is 6.08 Å². The van der Waals surface area contributed by atoms with Gasteiger partial charge in [0.05, 0.1) is 25.9 Å². The molecule has 0 spiro atoms. The molecule has 2 unspecified atom stereocenters. The normalized spacial score (nSPS) is 20.1. The topological polar surface area (TPSA) is 126 Å². The quantitative estimate of drug-likeness (QED) is 0.337. The van der Waals surface area contributed by atoms with Gasteiger partial charge in [-0.3, -0.25) is 9.28 Å². The Bertz CT molecular complexity index is 433. The maximum atomic E-state index is 10.8. The first-order valence-corrected chi connectivity index (χ1v) is 6.49. The molecule has 0 bridgehead atoms. The smallest absolute Gasteiger partial charge is 0.329 e. The molecule has 0 fully saturated rings. The van der Waals surface area contributed by atoms with Crippen LogP contribution >= 0.6 is 0 Å². The molecule has 2 atom stereocenters. The number of hydrogen-bond acceptors (Lipinski definition) is 5. The number of carbonyl (C=O) groups is 2. The molecule has 0 aromatic rings. The predicted octanol–water partition coefficient (Wildman–Crippen LogP) is -0.225. The van der Waals surface area contributed by atoms with E-state index in [1.54, 1.807) is 13.0 Å². The minimum absolute atomic E-state index is 0. The minimum atomic E-state index is -1.05. The summed E-state index contributed by atoms with van der Waals surface area (Å²) >= 11 is 0. The van der Waals surface area contributed by atoms with Gasteiger partial charge in [0.15, 0.2) is 12.8 Å². The van der Waals surface area contributed by atoms with Crippen LogP contribution in [-0.2, 0) is 14.3 Å². The van der Waals surface area contributed by atoms with Crippen molar-refractivity contribution in [2.24, 2.45) is 4.99 Å². The average Bonchev–Trinajstić information content (AvgIpc) is 2.78. The van der Waals surface area contributed by atoms with E-state index in [1.165, 1.54) is 0 Å². The first kappa shape index (κ1) is 28.1. The number of hydrogen-bond donors (Lipinski definition) is 2. The van der Waals surface area contributed by atoms with Crippen LogP contribution in [0.25, 0.3) is 0 Å². The Morgan fingerprint density at radius 1 is 1.39 bits per heavy atom. The number of aliphatic imine (C=N–C) groups is 1. The van der Waals surface area contributed by atoms with Crippen molar-refractivity contribution in [2.45, 2.75) is 26.0 Å². The van der Waals surface area contributed by atoms with Gasteiger partial charge in [-0.05, 0) is 0 Å². The molecule has 3 N–H and O–H groups in total. The van der Waals surface area contributed by atoms with Crippen molar-refractivity contribution in [3.05, 3.63) is 12.7 Å². The summed E-state index contributed by atoms with van der Waals surface area (Å²) in [6.45, 7) is 6.57. The van der Waals surface area contributed by atoms with Gasteiger partial charge in [0, 0.05) is 66.0 Å². The SMILES string of the molecule is C=CCC1=NCC[N+]1(CCC(=O)O)C(C)OCC(=O)O.[Na].[Na].[OH-]. The zero-order chi connectivity index (χ0) is 15.2. The van der Waals surface area contributed by atoms with Gasteiger partial charge < -0.3 is 20.4 Å². The molecular weight excluding hydrogens is 326 g/mol. The van der Waals surface area contributed by atoms with Gasteiger partial charge in [0.1, 0.15) is 6.54 Å². The molecule has 1 rings (SSSR count). The molecular formula is C13H22N2Na2O6. The van der Waals surface area contributed by atoms with Crippen molar-refractivity contribution in [3.63, 3.8) is 0 Å². The molecule has 8 nitrogen and oxygen atoms in total. The molecule has 10 heteroatoms. The zero-order valence-electron chi connectivity index (χ0n) is 14.1. The molecule has 1 heterocycles. The number of ether oxygens (including phenoxy) is 1. The molecule has 1 aliphatic heterocycles. The molecule has 0 saturated heterocycles. The zero-order valence-corrected chi connectivity index (χ0v) is 18.1. The molecule has 1 aliphatic rings. The Morgan fingerprint density at radius 2 is 2.00 bits per heavy atom. The van der Waals surface area contributed by atoms with Gasteiger partial charge in [-0.2, -0.15) is 0 Å². The predicted molar refractivity (Wildman–Crippen MR) is 85.9 cm³/mol. The number of carboxylic acids is 2. The van der Waals surface area contributed by atoms with E-state index in [4.69, 9.17) is 14.9 Å². The summed E-state index contributed by atoms with van der Waals surface area (Å²) in [6.07, 6.45) is 1.78. The van der Waals surface area contributed by atoms with E-state index in [1.807, 2.05) is 0 Å². The Kier molecular flexibility index (Phi) is 16.5. The third-order valence-corrected chi connectivity index (χ3v) is 3.50. The molecule has 0 amide bonds. The number of amidine groups is 1. The van der Waals surface area contributed by atoms with Crippen LogP contribution in [0, 0.1) is 0 Å². The second kappa shape index (κ2) is 13.5. The van der Waals surface area contributed by atoms with Gasteiger partial charge in [-0.15, -0.1) is 6.58 Å². The summed E-state index contributed by atoms with van der Waals surface area (Å²) in [6, 6.07) is 0. The van der Waals surface area contributed by atoms with Crippen LogP contribution in [-0.4, -0.2) is 130 Å². The van der Waals surface area contributed by atoms with Crippen molar-refractivity contribution in [3.8, 4) is 0 Å². The summed E-state index contributed by atoms with van der Waals surface area (Å²) in [5, 5.41) is 17.6. The Labute approximate surface area is 180 Å². The molecule has 0 aromatic carbocycles. The molecule has 23 heavy (non-hydrogen) atoms. The third kappa shape index (κ3) is 8.24. The first-order chi connectivity index (χ1) is 9.42. The van der Waals surface area contributed by atoms with Crippen molar-refractivity contribution < 1.29 is 34.5 Å². The average molecular weight is 348 g/mol. The monoisotopic (exact) mass is 348 g/mol. The van der Waals surface area contributed by atoms with Crippen molar-refractivity contribution in [2.75, 3.05) is 26.2 Å². The van der Waals surface area contributed by atoms with Crippen molar-refractivity contribution in [1.29, 1.82) is 0 Å². The number of carboxylic acid groups (broad SMARTS) is 2. The fourth-order valence-corrected chi connectivity index (χ4v) is 2.45.